The summed E-state index contributed by atoms with van der Waals surface area (Å²) in [5, 5.41) is 2.75. The fourth-order valence-electron chi connectivity index (χ4n) is 1.96. The van der Waals surface area contributed by atoms with Crippen molar-refractivity contribution < 1.29 is 13.2 Å². The molecule has 0 amide bonds. The van der Waals surface area contributed by atoms with Gasteiger partial charge in [0.05, 0.1) is 6.54 Å². The van der Waals surface area contributed by atoms with E-state index in [1.54, 1.807) is 37.3 Å². The number of nitrogens with one attached hydrogen (secondary N) is 1. The molecule has 0 bridgehead atoms. The van der Waals surface area contributed by atoms with Gasteiger partial charge in [0.15, 0.2) is 0 Å². The van der Waals surface area contributed by atoms with Crippen LogP contribution in [0.1, 0.15) is 24.1 Å². The molecule has 0 heterocycles. The first kappa shape index (κ1) is 14.6. The number of alkyl halides is 2. The molecule has 0 saturated carbocycles. The van der Waals surface area contributed by atoms with Crippen molar-refractivity contribution in [3.8, 4) is 0 Å². The number of hydrogen-bond donors (Lipinski definition) is 1. The number of halogens is 3. The maximum Gasteiger partial charge on any atom is 0.285 e. The lowest BCUT2D eigenvalue weighted by molar-refractivity contribution is -0.00534. The monoisotopic (exact) mass is 279 g/mol. The average molecular weight is 279 g/mol. The summed E-state index contributed by atoms with van der Waals surface area (Å²) in [4.78, 5) is 0. The van der Waals surface area contributed by atoms with Crippen LogP contribution in [0.25, 0.3) is 0 Å². The lowest BCUT2D eigenvalue weighted by Gasteiger charge is -2.21. The molecule has 0 fully saturated rings. The van der Waals surface area contributed by atoms with Gasteiger partial charge in [0, 0.05) is 11.6 Å². The largest absolute Gasteiger partial charge is 0.304 e. The van der Waals surface area contributed by atoms with Crippen LogP contribution in [0.4, 0.5) is 13.2 Å². The standard InChI is InChI=1S/C16H16F3N/c1-12(13-6-5-9-15(17)10-13)20-11-16(18,19)14-7-3-2-4-8-14/h2-10,12,20H,11H2,1H3. The van der Waals surface area contributed by atoms with Gasteiger partial charge < -0.3 is 5.32 Å². The first-order valence-electron chi connectivity index (χ1n) is 6.41. The molecular weight excluding hydrogens is 263 g/mol. The molecule has 0 aliphatic rings. The molecule has 2 rings (SSSR count). The van der Waals surface area contributed by atoms with Gasteiger partial charge in [-0.05, 0) is 24.6 Å². The molecule has 0 radical (unpaired) electrons. The van der Waals surface area contributed by atoms with Crippen LogP contribution < -0.4 is 5.32 Å². The fourth-order valence-corrected chi connectivity index (χ4v) is 1.96. The van der Waals surface area contributed by atoms with Crippen molar-refractivity contribution >= 4 is 0 Å². The van der Waals surface area contributed by atoms with E-state index in [2.05, 4.69) is 5.32 Å². The lowest BCUT2D eigenvalue weighted by atomic mass is 10.1. The van der Waals surface area contributed by atoms with Crippen LogP contribution in [-0.2, 0) is 5.92 Å². The highest BCUT2D eigenvalue weighted by Gasteiger charge is 2.31. The normalized spacial score (nSPS) is 13.2. The minimum absolute atomic E-state index is 0.0288. The van der Waals surface area contributed by atoms with Crippen molar-refractivity contribution in [2.45, 2.75) is 18.9 Å². The molecule has 2 aromatic carbocycles. The molecule has 1 N–H and O–H groups in total. The molecule has 1 nitrogen and oxygen atoms in total. The quantitative estimate of drug-likeness (QED) is 0.862. The molecular formula is C16H16F3N. The average Bonchev–Trinajstić information content (AvgIpc) is 2.46. The molecule has 1 atom stereocenters. The second kappa shape index (κ2) is 6.09. The predicted octanol–water partition coefficient (Wildman–Crippen LogP) is 4.27. The van der Waals surface area contributed by atoms with E-state index in [9.17, 15) is 13.2 Å². The molecule has 1 unspecified atom stereocenters. The smallest absolute Gasteiger partial charge is 0.285 e. The first-order valence-corrected chi connectivity index (χ1v) is 6.41. The molecule has 0 aromatic heterocycles. The Morgan fingerprint density at radius 1 is 1.05 bits per heavy atom. The molecule has 0 spiro atoms. The number of rotatable bonds is 5. The summed E-state index contributed by atoms with van der Waals surface area (Å²) >= 11 is 0. The van der Waals surface area contributed by atoms with E-state index in [0.717, 1.165) is 0 Å². The van der Waals surface area contributed by atoms with Crippen LogP contribution in [0.15, 0.2) is 54.6 Å². The Balaban J connectivity index is 2.01. The molecule has 2 aromatic rings. The van der Waals surface area contributed by atoms with Gasteiger partial charge in [-0.15, -0.1) is 0 Å². The zero-order valence-corrected chi connectivity index (χ0v) is 11.1. The third-order valence-electron chi connectivity index (χ3n) is 3.18. The van der Waals surface area contributed by atoms with Crippen LogP contribution in [0.5, 0.6) is 0 Å². The second-order valence-electron chi connectivity index (χ2n) is 4.73. The van der Waals surface area contributed by atoms with Crippen molar-refractivity contribution in [3.63, 3.8) is 0 Å². The third kappa shape index (κ3) is 3.61. The van der Waals surface area contributed by atoms with Crippen molar-refractivity contribution in [1.29, 1.82) is 0 Å². The Morgan fingerprint density at radius 3 is 2.40 bits per heavy atom. The summed E-state index contributed by atoms with van der Waals surface area (Å²) in [6.07, 6.45) is 0. The Hall–Kier alpha value is -1.81. The molecule has 4 heteroatoms. The Morgan fingerprint density at radius 2 is 1.75 bits per heavy atom. The minimum atomic E-state index is -2.96. The van der Waals surface area contributed by atoms with E-state index in [-0.39, 0.29) is 17.4 Å². The van der Waals surface area contributed by atoms with Gasteiger partial charge in [-0.2, -0.15) is 8.78 Å². The van der Waals surface area contributed by atoms with Gasteiger partial charge in [-0.25, -0.2) is 4.39 Å². The third-order valence-corrected chi connectivity index (χ3v) is 3.18. The number of hydrogen-bond acceptors (Lipinski definition) is 1. The summed E-state index contributed by atoms with van der Waals surface area (Å²) in [5.41, 5.74) is 0.618. The molecule has 20 heavy (non-hydrogen) atoms. The van der Waals surface area contributed by atoms with Gasteiger partial charge in [0.2, 0.25) is 0 Å². The first-order chi connectivity index (χ1) is 9.49. The predicted molar refractivity (Wildman–Crippen MR) is 73.2 cm³/mol. The van der Waals surface area contributed by atoms with Crippen LogP contribution >= 0.6 is 0 Å². The minimum Gasteiger partial charge on any atom is -0.304 e. The van der Waals surface area contributed by atoms with Crippen molar-refractivity contribution in [1.82, 2.24) is 5.32 Å². The fraction of sp³-hybridized carbons (Fsp3) is 0.250. The molecule has 0 aliphatic heterocycles. The van der Waals surface area contributed by atoms with Crippen molar-refractivity contribution in [2.24, 2.45) is 0 Å². The highest BCUT2D eigenvalue weighted by atomic mass is 19.3. The Bertz CT molecular complexity index is 555. The van der Waals surface area contributed by atoms with Crippen LogP contribution in [-0.4, -0.2) is 6.54 Å². The molecule has 106 valence electrons. The zero-order chi connectivity index (χ0) is 14.6. The van der Waals surface area contributed by atoms with Gasteiger partial charge in [-0.1, -0.05) is 42.5 Å². The van der Waals surface area contributed by atoms with E-state index in [1.807, 2.05) is 0 Å². The van der Waals surface area contributed by atoms with Crippen LogP contribution in [0.2, 0.25) is 0 Å². The highest BCUT2D eigenvalue weighted by molar-refractivity contribution is 5.22. The summed E-state index contributed by atoms with van der Waals surface area (Å²) < 4.78 is 41.0. The van der Waals surface area contributed by atoms with Crippen molar-refractivity contribution in [2.75, 3.05) is 6.54 Å². The number of benzene rings is 2. The van der Waals surface area contributed by atoms with Crippen LogP contribution in [0.3, 0.4) is 0 Å². The molecule has 0 saturated heterocycles. The Kier molecular flexibility index (Phi) is 4.45. The zero-order valence-electron chi connectivity index (χ0n) is 11.1. The van der Waals surface area contributed by atoms with E-state index in [0.29, 0.717) is 5.56 Å². The second-order valence-corrected chi connectivity index (χ2v) is 4.73. The van der Waals surface area contributed by atoms with Crippen molar-refractivity contribution in [3.05, 3.63) is 71.5 Å². The Labute approximate surface area is 116 Å². The van der Waals surface area contributed by atoms with Gasteiger partial charge >= 0.3 is 0 Å². The highest BCUT2D eigenvalue weighted by Crippen LogP contribution is 2.27. The summed E-state index contributed by atoms with van der Waals surface area (Å²) in [6.45, 7) is 1.24. The van der Waals surface area contributed by atoms with E-state index in [4.69, 9.17) is 0 Å². The van der Waals surface area contributed by atoms with E-state index < -0.39 is 12.5 Å². The van der Waals surface area contributed by atoms with Gasteiger partial charge in [0.25, 0.3) is 5.92 Å². The SMILES string of the molecule is CC(NCC(F)(F)c1ccccc1)c1cccc(F)c1. The summed E-state index contributed by atoms with van der Waals surface area (Å²) in [7, 11) is 0. The van der Waals surface area contributed by atoms with Gasteiger partial charge in [0.1, 0.15) is 5.82 Å². The van der Waals surface area contributed by atoms with Gasteiger partial charge in [-0.3, -0.25) is 0 Å². The van der Waals surface area contributed by atoms with E-state index in [1.165, 1.54) is 24.3 Å². The maximum absolute atomic E-state index is 14.0. The summed E-state index contributed by atoms with van der Waals surface area (Å²) in [6, 6.07) is 13.3. The lowest BCUT2D eigenvalue weighted by Crippen LogP contribution is -2.32. The van der Waals surface area contributed by atoms with Crippen LogP contribution in [0, 0.1) is 5.82 Å². The van der Waals surface area contributed by atoms with E-state index >= 15 is 0 Å². The topological polar surface area (TPSA) is 12.0 Å². The molecule has 0 aliphatic carbocycles. The summed E-state index contributed by atoms with van der Waals surface area (Å²) in [5.74, 6) is -3.32. The maximum atomic E-state index is 14.0.